The minimum atomic E-state index is 0.242. The number of aliphatic hydroxyl groups excluding tert-OH is 1. The number of pyridine rings is 1. The largest absolute Gasteiger partial charge is 0.396 e. The molecule has 0 aromatic carbocycles. The molecule has 0 spiro atoms. The SMILES string of the molecule is OCCC1CN(Cc2nc(-c3ccncc3)no2)CCN1CC1CC1. The van der Waals surface area contributed by atoms with Gasteiger partial charge in [-0.05, 0) is 37.3 Å². The molecule has 2 aliphatic rings. The second kappa shape index (κ2) is 7.59. The van der Waals surface area contributed by atoms with Crippen molar-refractivity contribution in [3.8, 4) is 11.4 Å². The van der Waals surface area contributed by atoms with E-state index in [1.807, 2.05) is 12.1 Å². The number of aliphatic hydroxyl groups is 1. The fourth-order valence-corrected chi connectivity index (χ4v) is 3.52. The topological polar surface area (TPSA) is 78.5 Å². The quantitative estimate of drug-likeness (QED) is 0.814. The normalized spacial score (nSPS) is 22.4. The van der Waals surface area contributed by atoms with E-state index >= 15 is 0 Å². The number of hydrogen-bond donors (Lipinski definition) is 1. The molecule has 1 aliphatic carbocycles. The number of nitrogens with zero attached hydrogens (tertiary/aromatic N) is 5. The highest BCUT2D eigenvalue weighted by atomic mass is 16.5. The van der Waals surface area contributed by atoms with Crippen LogP contribution in [0.4, 0.5) is 0 Å². The van der Waals surface area contributed by atoms with E-state index < -0.39 is 0 Å². The number of rotatable bonds is 7. The van der Waals surface area contributed by atoms with E-state index in [-0.39, 0.29) is 6.61 Å². The molecule has 25 heavy (non-hydrogen) atoms. The summed E-state index contributed by atoms with van der Waals surface area (Å²) in [6, 6.07) is 4.17. The van der Waals surface area contributed by atoms with Crippen molar-refractivity contribution < 1.29 is 9.63 Å². The summed E-state index contributed by atoms with van der Waals surface area (Å²) in [5.74, 6) is 2.13. The highest BCUT2D eigenvalue weighted by molar-refractivity contribution is 5.52. The molecule has 2 aromatic rings. The second-order valence-corrected chi connectivity index (χ2v) is 7.09. The van der Waals surface area contributed by atoms with Gasteiger partial charge in [0.1, 0.15) is 0 Å². The first kappa shape index (κ1) is 16.6. The minimum Gasteiger partial charge on any atom is -0.396 e. The van der Waals surface area contributed by atoms with Crippen LogP contribution in [-0.4, -0.2) is 68.9 Å². The third kappa shape index (κ3) is 4.23. The summed E-state index contributed by atoms with van der Waals surface area (Å²) in [6.45, 7) is 5.09. The van der Waals surface area contributed by atoms with Gasteiger partial charge in [-0.25, -0.2) is 0 Å². The average molecular weight is 343 g/mol. The molecule has 2 fully saturated rings. The maximum absolute atomic E-state index is 9.40. The van der Waals surface area contributed by atoms with Crippen molar-refractivity contribution in [2.75, 3.05) is 32.8 Å². The Morgan fingerprint density at radius 1 is 1.20 bits per heavy atom. The van der Waals surface area contributed by atoms with E-state index in [1.54, 1.807) is 12.4 Å². The van der Waals surface area contributed by atoms with Crippen LogP contribution in [0.3, 0.4) is 0 Å². The molecule has 7 nitrogen and oxygen atoms in total. The minimum absolute atomic E-state index is 0.242. The second-order valence-electron chi connectivity index (χ2n) is 7.09. The van der Waals surface area contributed by atoms with Gasteiger partial charge in [0.2, 0.25) is 11.7 Å². The van der Waals surface area contributed by atoms with Gasteiger partial charge in [-0.2, -0.15) is 4.98 Å². The van der Waals surface area contributed by atoms with Crippen LogP contribution in [0.1, 0.15) is 25.2 Å². The van der Waals surface area contributed by atoms with E-state index in [4.69, 9.17) is 4.52 Å². The maximum Gasteiger partial charge on any atom is 0.241 e. The zero-order valence-electron chi connectivity index (χ0n) is 14.4. The van der Waals surface area contributed by atoms with Crippen LogP contribution in [0.5, 0.6) is 0 Å². The van der Waals surface area contributed by atoms with Crippen LogP contribution >= 0.6 is 0 Å². The van der Waals surface area contributed by atoms with Gasteiger partial charge in [-0.15, -0.1) is 0 Å². The Bertz CT molecular complexity index is 673. The zero-order valence-corrected chi connectivity index (χ0v) is 14.4. The lowest BCUT2D eigenvalue weighted by atomic mass is 10.1. The Hall–Kier alpha value is -1.83. The van der Waals surface area contributed by atoms with Crippen molar-refractivity contribution in [2.45, 2.75) is 31.8 Å². The van der Waals surface area contributed by atoms with Gasteiger partial charge >= 0.3 is 0 Å². The monoisotopic (exact) mass is 343 g/mol. The standard InChI is InChI=1S/C18H25N5O2/c24-10-5-16-12-22(8-9-23(16)11-14-1-2-14)13-17-20-18(21-25-17)15-3-6-19-7-4-15/h3-4,6-7,14,16,24H,1-2,5,8-13H2. The molecule has 4 rings (SSSR count). The summed E-state index contributed by atoms with van der Waals surface area (Å²) in [6.07, 6.45) is 7.01. The summed E-state index contributed by atoms with van der Waals surface area (Å²) in [5.41, 5.74) is 0.914. The number of hydrogen-bond acceptors (Lipinski definition) is 7. The summed E-state index contributed by atoms with van der Waals surface area (Å²) >= 11 is 0. The predicted molar refractivity (Wildman–Crippen MR) is 92.6 cm³/mol. The van der Waals surface area contributed by atoms with Gasteiger partial charge in [0, 0.05) is 56.8 Å². The molecular weight excluding hydrogens is 318 g/mol. The molecule has 1 saturated heterocycles. The average Bonchev–Trinajstić information content (AvgIpc) is 3.34. The molecule has 2 aromatic heterocycles. The fourth-order valence-electron chi connectivity index (χ4n) is 3.52. The molecule has 0 radical (unpaired) electrons. The molecule has 1 atom stereocenters. The Kier molecular flexibility index (Phi) is 5.05. The van der Waals surface area contributed by atoms with Gasteiger partial charge < -0.3 is 9.63 Å². The van der Waals surface area contributed by atoms with Crippen molar-refractivity contribution in [3.63, 3.8) is 0 Å². The third-order valence-corrected chi connectivity index (χ3v) is 5.11. The zero-order chi connectivity index (χ0) is 17.1. The van der Waals surface area contributed by atoms with Crippen LogP contribution < -0.4 is 0 Å². The van der Waals surface area contributed by atoms with Crippen molar-refractivity contribution in [1.29, 1.82) is 0 Å². The number of piperazine rings is 1. The van der Waals surface area contributed by atoms with Crippen LogP contribution in [-0.2, 0) is 6.54 Å². The van der Waals surface area contributed by atoms with E-state index in [0.29, 0.717) is 24.3 Å². The lowest BCUT2D eigenvalue weighted by Gasteiger charge is -2.41. The Labute approximate surface area is 147 Å². The maximum atomic E-state index is 9.40. The van der Waals surface area contributed by atoms with Gasteiger partial charge in [-0.3, -0.25) is 14.8 Å². The van der Waals surface area contributed by atoms with Crippen LogP contribution in [0.15, 0.2) is 29.0 Å². The molecular formula is C18H25N5O2. The molecule has 7 heteroatoms. The van der Waals surface area contributed by atoms with Crippen LogP contribution in [0.25, 0.3) is 11.4 Å². The first-order chi connectivity index (χ1) is 12.3. The van der Waals surface area contributed by atoms with Crippen molar-refractivity contribution in [2.24, 2.45) is 5.92 Å². The first-order valence-electron chi connectivity index (χ1n) is 9.12. The Balaban J connectivity index is 1.37. The molecule has 0 amide bonds. The molecule has 1 N–H and O–H groups in total. The van der Waals surface area contributed by atoms with Crippen molar-refractivity contribution >= 4 is 0 Å². The predicted octanol–water partition coefficient (Wildman–Crippen LogP) is 1.41. The summed E-state index contributed by atoms with van der Waals surface area (Å²) < 4.78 is 5.43. The molecule has 1 aliphatic heterocycles. The van der Waals surface area contributed by atoms with E-state index in [9.17, 15) is 5.11 Å². The van der Waals surface area contributed by atoms with Crippen LogP contribution in [0.2, 0.25) is 0 Å². The van der Waals surface area contributed by atoms with E-state index in [0.717, 1.165) is 37.5 Å². The van der Waals surface area contributed by atoms with Gasteiger partial charge in [0.15, 0.2) is 0 Å². The lowest BCUT2D eigenvalue weighted by Crippen LogP contribution is -2.53. The van der Waals surface area contributed by atoms with Gasteiger partial charge in [-0.1, -0.05) is 5.16 Å². The summed E-state index contributed by atoms with van der Waals surface area (Å²) in [5, 5.41) is 13.5. The summed E-state index contributed by atoms with van der Waals surface area (Å²) in [7, 11) is 0. The van der Waals surface area contributed by atoms with Crippen molar-refractivity contribution in [3.05, 3.63) is 30.4 Å². The Morgan fingerprint density at radius 2 is 2.04 bits per heavy atom. The number of aromatic nitrogens is 3. The van der Waals surface area contributed by atoms with Crippen molar-refractivity contribution in [1.82, 2.24) is 24.9 Å². The Morgan fingerprint density at radius 3 is 2.80 bits per heavy atom. The lowest BCUT2D eigenvalue weighted by molar-refractivity contribution is 0.0472. The summed E-state index contributed by atoms with van der Waals surface area (Å²) in [4.78, 5) is 13.4. The van der Waals surface area contributed by atoms with E-state index in [1.165, 1.54) is 19.4 Å². The molecule has 1 saturated carbocycles. The third-order valence-electron chi connectivity index (χ3n) is 5.11. The van der Waals surface area contributed by atoms with E-state index in [2.05, 4.69) is 24.9 Å². The smallest absolute Gasteiger partial charge is 0.241 e. The highest BCUT2D eigenvalue weighted by Crippen LogP contribution is 2.31. The fraction of sp³-hybridized carbons (Fsp3) is 0.611. The highest BCUT2D eigenvalue weighted by Gasteiger charge is 2.32. The molecule has 134 valence electrons. The molecule has 1 unspecified atom stereocenters. The molecule has 3 heterocycles. The van der Waals surface area contributed by atoms with Crippen LogP contribution in [0, 0.1) is 5.92 Å². The van der Waals surface area contributed by atoms with Gasteiger partial charge in [0.25, 0.3) is 0 Å². The van der Waals surface area contributed by atoms with Gasteiger partial charge in [0.05, 0.1) is 6.54 Å². The molecule has 0 bridgehead atoms. The first-order valence-corrected chi connectivity index (χ1v) is 9.12.